The smallest absolute Gasteiger partial charge is 0.226 e. The quantitative estimate of drug-likeness (QED) is 0.740. The van der Waals surface area contributed by atoms with Crippen molar-refractivity contribution in [2.45, 2.75) is 64.3 Å². The van der Waals surface area contributed by atoms with Gasteiger partial charge in [-0.25, -0.2) is 0 Å². The predicted octanol–water partition coefficient (Wildman–Crippen LogP) is 2.54. The number of amides is 1. The van der Waals surface area contributed by atoms with Gasteiger partial charge in [0.2, 0.25) is 5.91 Å². The average molecular weight is 237 g/mol. The topological polar surface area (TPSA) is 37.4 Å². The lowest BCUT2D eigenvalue weighted by atomic mass is 9.87. The SMILES string of the molecule is CC(=O)C1CCCCN1C(=O)C1CCCCC1. The Kier molecular flexibility index (Phi) is 4.19. The number of carbonyl (C=O) groups excluding carboxylic acids is 2. The molecule has 96 valence electrons. The molecule has 1 aliphatic carbocycles. The van der Waals surface area contributed by atoms with Crippen LogP contribution >= 0.6 is 0 Å². The van der Waals surface area contributed by atoms with Crippen molar-refractivity contribution in [1.82, 2.24) is 4.90 Å². The molecule has 0 aromatic carbocycles. The molecule has 3 nitrogen and oxygen atoms in total. The van der Waals surface area contributed by atoms with E-state index in [0.717, 1.165) is 38.6 Å². The summed E-state index contributed by atoms with van der Waals surface area (Å²) in [6.45, 7) is 2.41. The number of Topliss-reactive ketones (excluding diaryl/α,β-unsaturated/α-hetero) is 1. The summed E-state index contributed by atoms with van der Waals surface area (Å²) < 4.78 is 0. The summed E-state index contributed by atoms with van der Waals surface area (Å²) in [5, 5.41) is 0. The molecule has 0 N–H and O–H groups in total. The Hall–Kier alpha value is -0.860. The van der Waals surface area contributed by atoms with Gasteiger partial charge >= 0.3 is 0 Å². The third-order valence-corrected chi connectivity index (χ3v) is 4.21. The average Bonchev–Trinajstić information content (AvgIpc) is 2.39. The maximum atomic E-state index is 12.4. The van der Waals surface area contributed by atoms with Crippen molar-refractivity contribution in [3.8, 4) is 0 Å². The number of carbonyl (C=O) groups is 2. The Bertz CT molecular complexity index is 295. The fraction of sp³-hybridized carbons (Fsp3) is 0.857. The molecule has 1 unspecified atom stereocenters. The van der Waals surface area contributed by atoms with E-state index in [1.807, 2.05) is 4.90 Å². The second-order valence-electron chi connectivity index (χ2n) is 5.49. The van der Waals surface area contributed by atoms with Gasteiger partial charge in [0.25, 0.3) is 0 Å². The summed E-state index contributed by atoms with van der Waals surface area (Å²) in [5.74, 6) is 0.613. The molecule has 1 atom stereocenters. The molecule has 1 heterocycles. The van der Waals surface area contributed by atoms with Gasteiger partial charge in [-0.15, -0.1) is 0 Å². The van der Waals surface area contributed by atoms with E-state index in [1.165, 1.54) is 19.3 Å². The van der Waals surface area contributed by atoms with Crippen LogP contribution in [0.3, 0.4) is 0 Å². The van der Waals surface area contributed by atoms with E-state index in [4.69, 9.17) is 0 Å². The summed E-state index contributed by atoms with van der Waals surface area (Å²) in [5.41, 5.74) is 0. The van der Waals surface area contributed by atoms with Gasteiger partial charge in [0.1, 0.15) is 0 Å². The van der Waals surface area contributed by atoms with Crippen molar-refractivity contribution in [3.63, 3.8) is 0 Å². The standard InChI is InChI=1S/C14H23NO2/c1-11(16)13-9-5-6-10-15(13)14(17)12-7-3-2-4-8-12/h12-13H,2-10H2,1H3. The molecule has 0 aromatic rings. The van der Waals surface area contributed by atoms with Crippen LogP contribution in [-0.4, -0.2) is 29.2 Å². The molecule has 1 saturated carbocycles. The molecule has 1 aliphatic heterocycles. The minimum absolute atomic E-state index is 0.127. The minimum Gasteiger partial charge on any atom is -0.332 e. The molecule has 3 heteroatoms. The van der Waals surface area contributed by atoms with Gasteiger partial charge in [-0.3, -0.25) is 9.59 Å². The van der Waals surface area contributed by atoms with Gasteiger partial charge in [-0.2, -0.15) is 0 Å². The zero-order valence-electron chi connectivity index (χ0n) is 10.8. The van der Waals surface area contributed by atoms with E-state index >= 15 is 0 Å². The lowest BCUT2D eigenvalue weighted by molar-refractivity contribution is -0.145. The van der Waals surface area contributed by atoms with Gasteiger partial charge < -0.3 is 4.90 Å². The van der Waals surface area contributed by atoms with Crippen molar-refractivity contribution < 1.29 is 9.59 Å². The summed E-state index contributed by atoms with van der Waals surface area (Å²) >= 11 is 0. The zero-order chi connectivity index (χ0) is 12.3. The Morgan fingerprint density at radius 3 is 2.24 bits per heavy atom. The number of hydrogen-bond donors (Lipinski definition) is 0. The van der Waals surface area contributed by atoms with Crippen LogP contribution in [0.15, 0.2) is 0 Å². The third-order valence-electron chi connectivity index (χ3n) is 4.21. The van der Waals surface area contributed by atoms with Crippen LogP contribution in [-0.2, 0) is 9.59 Å². The third kappa shape index (κ3) is 2.88. The molecule has 2 fully saturated rings. The van der Waals surface area contributed by atoms with Gasteiger partial charge in [-0.1, -0.05) is 19.3 Å². The number of nitrogens with zero attached hydrogens (tertiary/aromatic N) is 1. The zero-order valence-corrected chi connectivity index (χ0v) is 10.8. The van der Waals surface area contributed by atoms with Crippen LogP contribution in [0, 0.1) is 5.92 Å². The molecule has 0 radical (unpaired) electrons. The molecule has 0 bridgehead atoms. The van der Waals surface area contributed by atoms with Gasteiger partial charge in [0, 0.05) is 12.5 Å². The van der Waals surface area contributed by atoms with Crippen molar-refractivity contribution in [2.24, 2.45) is 5.92 Å². The van der Waals surface area contributed by atoms with Crippen LogP contribution in [0.1, 0.15) is 58.3 Å². The van der Waals surface area contributed by atoms with Crippen LogP contribution < -0.4 is 0 Å². The highest BCUT2D eigenvalue weighted by atomic mass is 16.2. The van der Waals surface area contributed by atoms with Crippen LogP contribution in [0.25, 0.3) is 0 Å². The molecule has 17 heavy (non-hydrogen) atoms. The summed E-state index contributed by atoms with van der Waals surface area (Å²) in [7, 11) is 0. The normalized spacial score (nSPS) is 26.9. The molecule has 2 aliphatic rings. The highest BCUT2D eigenvalue weighted by molar-refractivity contribution is 5.88. The fourth-order valence-corrected chi connectivity index (χ4v) is 3.20. The second kappa shape index (κ2) is 5.65. The number of piperidine rings is 1. The fourth-order valence-electron chi connectivity index (χ4n) is 3.20. The first-order valence-electron chi connectivity index (χ1n) is 7.01. The van der Waals surface area contributed by atoms with Crippen molar-refractivity contribution in [1.29, 1.82) is 0 Å². The highest BCUT2D eigenvalue weighted by Crippen LogP contribution is 2.28. The molecule has 2 rings (SSSR count). The Morgan fingerprint density at radius 2 is 1.59 bits per heavy atom. The molecular weight excluding hydrogens is 214 g/mol. The predicted molar refractivity (Wildman–Crippen MR) is 66.6 cm³/mol. The first-order valence-corrected chi connectivity index (χ1v) is 7.01. The Morgan fingerprint density at radius 1 is 0.941 bits per heavy atom. The first kappa shape index (κ1) is 12.6. The lowest BCUT2D eigenvalue weighted by Gasteiger charge is -2.37. The van der Waals surface area contributed by atoms with E-state index in [1.54, 1.807) is 6.92 Å². The maximum absolute atomic E-state index is 12.4. The summed E-state index contributed by atoms with van der Waals surface area (Å²) in [4.78, 5) is 25.9. The summed E-state index contributed by atoms with van der Waals surface area (Å²) in [6, 6.07) is -0.127. The molecule has 1 amide bonds. The van der Waals surface area contributed by atoms with E-state index in [9.17, 15) is 9.59 Å². The van der Waals surface area contributed by atoms with Gasteiger partial charge in [0.05, 0.1) is 6.04 Å². The lowest BCUT2D eigenvalue weighted by Crippen LogP contribution is -2.49. The monoisotopic (exact) mass is 237 g/mol. The van der Waals surface area contributed by atoms with Crippen molar-refractivity contribution in [2.75, 3.05) is 6.54 Å². The summed E-state index contributed by atoms with van der Waals surface area (Å²) in [6.07, 6.45) is 8.68. The Labute approximate surface area is 104 Å². The van der Waals surface area contributed by atoms with Crippen molar-refractivity contribution >= 4 is 11.7 Å². The molecular formula is C14H23NO2. The van der Waals surface area contributed by atoms with Gasteiger partial charge in [-0.05, 0) is 39.0 Å². The molecule has 0 spiro atoms. The number of rotatable bonds is 2. The Balaban J connectivity index is 2.02. The number of likely N-dealkylation sites (tertiary alicyclic amines) is 1. The number of ketones is 1. The largest absolute Gasteiger partial charge is 0.332 e. The second-order valence-corrected chi connectivity index (χ2v) is 5.49. The first-order chi connectivity index (χ1) is 8.20. The van der Waals surface area contributed by atoms with E-state index < -0.39 is 0 Å². The molecule has 0 aromatic heterocycles. The van der Waals surface area contributed by atoms with E-state index in [-0.39, 0.29) is 23.7 Å². The van der Waals surface area contributed by atoms with Crippen LogP contribution in [0.2, 0.25) is 0 Å². The minimum atomic E-state index is -0.127. The van der Waals surface area contributed by atoms with Crippen LogP contribution in [0.5, 0.6) is 0 Å². The number of hydrogen-bond acceptors (Lipinski definition) is 2. The highest BCUT2D eigenvalue weighted by Gasteiger charge is 2.33. The van der Waals surface area contributed by atoms with E-state index in [2.05, 4.69) is 0 Å². The van der Waals surface area contributed by atoms with Crippen molar-refractivity contribution in [3.05, 3.63) is 0 Å². The molecule has 1 saturated heterocycles. The van der Waals surface area contributed by atoms with Gasteiger partial charge in [0.15, 0.2) is 5.78 Å². The maximum Gasteiger partial charge on any atom is 0.226 e. The van der Waals surface area contributed by atoms with E-state index in [0.29, 0.717) is 0 Å². The van der Waals surface area contributed by atoms with Crippen LogP contribution in [0.4, 0.5) is 0 Å².